The van der Waals surface area contributed by atoms with E-state index in [1.807, 2.05) is 18.2 Å². The van der Waals surface area contributed by atoms with E-state index < -0.39 is 11.7 Å². The van der Waals surface area contributed by atoms with Gasteiger partial charge >= 0.3 is 6.18 Å². The van der Waals surface area contributed by atoms with E-state index in [1.165, 1.54) is 12.4 Å². The lowest BCUT2D eigenvalue weighted by Gasteiger charge is -2.35. The van der Waals surface area contributed by atoms with Crippen molar-refractivity contribution in [3.05, 3.63) is 66.1 Å². The topological polar surface area (TPSA) is 85.9 Å². The number of H-pyrrole nitrogens is 1. The van der Waals surface area contributed by atoms with Crippen LogP contribution in [0.2, 0.25) is 0 Å². The van der Waals surface area contributed by atoms with Crippen molar-refractivity contribution >= 4 is 28.7 Å². The van der Waals surface area contributed by atoms with Gasteiger partial charge in [-0.05, 0) is 29.8 Å². The molecule has 1 aromatic carbocycles. The monoisotopic (exact) mass is 454 g/mol. The van der Waals surface area contributed by atoms with Gasteiger partial charge in [0, 0.05) is 38.9 Å². The number of rotatable bonds is 5. The predicted octanol–water partition coefficient (Wildman–Crippen LogP) is 3.71. The Kier molecular flexibility index (Phi) is 5.45. The van der Waals surface area contributed by atoms with Crippen LogP contribution in [-0.4, -0.2) is 51.1 Å². The molecule has 0 unspecified atom stereocenters. The molecule has 1 aliphatic heterocycles. The van der Waals surface area contributed by atoms with E-state index in [4.69, 9.17) is 0 Å². The molecule has 4 aromatic rings. The van der Waals surface area contributed by atoms with Crippen LogP contribution >= 0.6 is 0 Å². The number of piperazine rings is 1. The van der Waals surface area contributed by atoms with E-state index >= 15 is 0 Å². The Labute approximate surface area is 187 Å². The van der Waals surface area contributed by atoms with Crippen molar-refractivity contribution in [2.45, 2.75) is 12.7 Å². The summed E-state index contributed by atoms with van der Waals surface area (Å²) in [5.74, 6) is 1.96. The lowest BCUT2D eigenvalue weighted by Crippen LogP contribution is -2.47. The minimum Gasteiger partial charge on any atom is -0.364 e. The second kappa shape index (κ2) is 8.57. The molecule has 0 spiro atoms. The SMILES string of the molecule is FC(F)(F)c1cccc(CNc2nc(N3CCN(c4ccccn4)CC3)nc3nc[nH]c23)c1. The largest absolute Gasteiger partial charge is 0.416 e. The number of hydrogen-bond donors (Lipinski definition) is 2. The van der Waals surface area contributed by atoms with E-state index in [0.29, 0.717) is 41.6 Å². The zero-order valence-electron chi connectivity index (χ0n) is 17.5. The van der Waals surface area contributed by atoms with Crippen LogP contribution in [0.3, 0.4) is 0 Å². The van der Waals surface area contributed by atoms with Crippen molar-refractivity contribution in [3.63, 3.8) is 0 Å². The quantitative estimate of drug-likeness (QED) is 0.476. The third-order valence-corrected chi connectivity index (χ3v) is 5.52. The molecule has 0 bridgehead atoms. The molecule has 0 radical (unpaired) electrons. The standard InChI is InChI=1S/C22H21F3N8/c23-22(24,25)16-5-3-4-15(12-16)13-27-19-18-20(29-14-28-18)31-21(30-19)33-10-8-32(9-11-33)17-6-1-2-7-26-17/h1-7,12,14H,8-11,13H2,(H2,27,28,29,30,31). The second-order valence-electron chi connectivity index (χ2n) is 7.69. The minimum atomic E-state index is -4.38. The number of halogens is 3. The lowest BCUT2D eigenvalue weighted by atomic mass is 10.1. The number of nitrogens with zero attached hydrogens (tertiary/aromatic N) is 6. The van der Waals surface area contributed by atoms with E-state index in [1.54, 1.807) is 12.3 Å². The number of hydrogen-bond acceptors (Lipinski definition) is 7. The van der Waals surface area contributed by atoms with Gasteiger partial charge in [0.1, 0.15) is 11.3 Å². The summed E-state index contributed by atoms with van der Waals surface area (Å²) >= 11 is 0. The van der Waals surface area contributed by atoms with Crippen molar-refractivity contribution in [1.29, 1.82) is 0 Å². The zero-order valence-corrected chi connectivity index (χ0v) is 17.5. The number of fused-ring (bicyclic) bond motifs is 1. The minimum absolute atomic E-state index is 0.182. The summed E-state index contributed by atoms with van der Waals surface area (Å²) < 4.78 is 39.1. The van der Waals surface area contributed by atoms with Gasteiger partial charge in [-0.1, -0.05) is 18.2 Å². The van der Waals surface area contributed by atoms with Crippen molar-refractivity contribution in [1.82, 2.24) is 24.9 Å². The maximum atomic E-state index is 13.0. The van der Waals surface area contributed by atoms with Gasteiger partial charge in [-0.25, -0.2) is 9.97 Å². The molecule has 1 aliphatic rings. The van der Waals surface area contributed by atoms with Crippen LogP contribution in [0.4, 0.5) is 30.8 Å². The van der Waals surface area contributed by atoms with Gasteiger partial charge < -0.3 is 20.1 Å². The third-order valence-electron chi connectivity index (χ3n) is 5.52. The Bertz CT molecular complexity index is 1230. The van der Waals surface area contributed by atoms with E-state index in [0.717, 1.165) is 31.0 Å². The van der Waals surface area contributed by atoms with Gasteiger partial charge in [-0.3, -0.25) is 0 Å². The highest BCUT2D eigenvalue weighted by atomic mass is 19.4. The molecule has 4 heterocycles. The first-order chi connectivity index (χ1) is 16.0. The lowest BCUT2D eigenvalue weighted by molar-refractivity contribution is -0.137. The number of pyridine rings is 1. The fourth-order valence-corrected chi connectivity index (χ4v) is 3.81. The summed E-state index contributed by atoms with van der Waals surface area (Å²) in [5.41, 5.74) is 0.931. The highest BCUT2D eigenvalue weighted by Crippen LogP contribution is 2.30. The van der Waals surface area contributed by atoms with Crippen LogP contribution in [0, 0.1) is 0 Å². The molecular formula is C22H21F3N8. The highest BCUT2D eigenvalue weighted by molar-refractivity contribution is 5.83. The number of aromatic amines is 1. The average molecular weight is 454 g/mol. The summed E-state index contributed by atoms with van der Waals surface area (Å²) in [6.45, 7) is 3.14. The molecule has 8 nitrogen and oxygen atoms in total. The van der Waals surface area contributed by atoms with Gasteiger partial charge in [0.05, 0.1) is 11.9 Å². The highest BCUT2D eigenvalue weighted by Gasteiger charge is 2.30. The molecule has 0 saturated carbocycles. The van der Waals surface area contributed by atoms with Crippen molar-refractivity contribution in [2.24, 2.45) is 0 Å². The molecule has 0 amide bonds. The van der Waals surface area contributed by atoms with Gasteiger partial charge in [0.2, 0.25) is 5.95 Å². The first-order valence-corrected chi connectivity index (χ1v) is 10.5. The summed E-state index contributed by atoms with van der Waals surface area (Å²) in [6.07, 6.45) is -1.08. The fourth-order valence-electron chi connectivity index (χ4n) is 3.81. The maximum absolute atomic E-state index is 13.0. The van der Waals surface area contributed by atoms with Crippen LogP contribution < -0.4 is 15.1 Å². The maximum Gasteiger partial charge on any atom is 0.416 e. The molecule has 170 valence electrons. The molecular weight excluding hydrogens is 433 g/mol. The van der Waals surface area contributed by atoms with E-state index in [2.05, 4.69) is 40.0 Å². The molecule has 3 aromatic heterocycles. The van der Waals surface area contributed by atoms with Gasteiger partial charge in [-0.15, -0.1) is 0 Å². The third kappa shape index (κ3) is 4.52. The van der Waals surface area contributed by atoms with Crippen molar-refractivity contribution < 1.29 is 13.2 Å². The number of benzene rings is 1. The van der Waals surface area contributed by atoms with Gasteiger partial charge in [0.15, 0.2) is 11.5 Å². The van der Waals surface area contributed by atoms with E-state index in [-0.39, 0.29) is 6.54 Å². The Balaban J connectivity index is 1.33. The normalized spacial score (nSPS) is 14.6. The predicted molar refractivity (Wildman–Crippen MR) is 119 cm³/mol. The number of aromatic nitrogens is 5. The molecule has 33 heavy (non-hydrogen) atoms. The molecule has 5 rings (SSSR count). The number of alkyl halides is 3. The summed E-state index contributed by atoms with van der Waals surface area (Å²) in [7, 11) is 0. The van der Waals surface area contributed by atoms with Gasteiger partial charge in [-0.2, -0.15) is 23.1 Å². The summed E-state index contributed by atoms with van der Waals surface area (Å²) in [6, 6.07) is 11.1. The first kappa shape index (κ1) is 21.0. The van der Waals surface area contributed by atoms with Crippen LogP contribution in [0.1, 0.15) is 11.1 Å². The number of anilines is 3. The summed E-state index contributed by atoms with van der Waals surface area (Å²) in [4.78, 5) is 25.2. The molecule has 2 N–H and O–H groups in total. The van der Waals surface area contributed by atoms with Crippen LogP contribution in [0.15, 0.2) is 55.0 Å². The Morgan fingerprint density at radius 2 is 1.76 bits per heavy atom. The van der Waals surface area contributed by atoms with E-state index in [9.17, 15) is 13.2 Å². The number of imidazole rings is 1. The smallest absolute Gasteiger partial charge is 0.364 e. The number of nitrogens with one attached hydrogen (secondary N) is 2. The molecule has 0 atom stereocenters. The average Bonchev–Trinajstić information content (AvgIpc) is 3.32. The Hall–Kier alpha value is -3.89. The van der Waals surface area contributed by atoms with Crippen LogP contribution in [0.5, 0.6) is 0 Å². The van der Waals surface area contributed by atoms with Crippen molar-refractivity contribution in [2.75, 3.05) is 41.3 Å². The fraction of sp³-hybridized carbons (Fsp3) is 0.273. The second-order valence-corrected chi connectivity index (χ2v) is 7.69. The Morgan fingerprint density at radius 3 is 2.52 bits per heavy atom. The molecule has 1 saturated heterocycles. The van der Waals surface area contributed by atoms with Gasteiger partial charge in [0.25, 0.3) is 0 Å². The van der Waals surface area contributed by atoms with Crippen LogP contribution in [0.25, 0.3) is 11.2 Å². The molecule has 11 heteroatoms. The molecule has 1 fully saturated rings. The van der Waals surface area contributed by atoms with Crippen LogP contribution in [-0.2, 0) is 12.7 Å². The Morgan fingerprint density at radius 1 is 0.939 bits per heavy atom. The molecule has 0 aliphatic carbocycles. The summed E-state index contributed by atoms with van der Waals surface area (Å²) in [5, 5.41) is 3.15. The first-order valence-electron chi connectivity index (χ1n) is 10.5. The van der Waals surface area contributed by atoms with Crippen molar-refractivity contribution in [3.8, 4) is 0 Å². The zero-order chi connectivity index (χ0) is 22.8.